The van der Waals surface area contributed by atoms with Crippen LogP contribution in [0.25, 0.3) is 6.08 Å². The van der Waals surface area contributed by atoms with E-state index in [2.05, 4.69) is 5.32 Å². The second-order valence-electron chi connectivity index (χ2n) is 4.68. The van der Waals surface area contributed by atoms with Gasteiger partial charge in [0.15, 0.2) is 0 Å². The van der Waals surface area contributed by atoms with Gasteiger partial charge in [0.05, 0.1) is 17.4 Å². The average Bonchev–Trinajstić information content (AvgIpc) is 3.19. The lowest BCUT2D eigenvalue weighted by Gasteiger charge is -2.18. The molecule has 2 rings (SSSR count). The van der Waals surface area contributed by atoms with Crippen molar-refractivity contribution in [3.05, 3.63) is 49.8 Å². The minimum absolute atomic E-state index is 0.0518. The van der Waals surface area contributed by atoms with Gasteiger partial charge in [0.2, 0.25) is 11.8 Å². The summed E-state index contributed by atoms with van der Waals surface area (Å²) < 4.78 is 0.678. The summed E-state index contributed by atoms with van der Waals surface area (Å²) >= 11 is 8.84. The largest absolute Gasteiger partial charge is 0.350 e. The highest BCUT2D eigenvalue weighted by molar-refractivity contribution is 7.17. The average molecular weight is 369 g/mol. The first-order valence-electron chi connectivity index (χ1n) is 7.10. The van der Waals surface area contributed by atoms with Gasteiger partial charge >= 0.3 is 0 Å². The lowest BCUT2D eigenvalue weighted by Crippen LogP contribution is -2.39. The van der Waals surface area contributed by atoms with Gasteiger partial charge in [-0.05, 0) is 36.6 Å². The number of hydrogen-bond donors (Lipinski definition) is 1. The fourth-order valence-electron chi connectivity index (χ4n) is 1.85. The molecule has 2 aromatic rings. The van der Waals surface area contributed by atoms with Gasteiger partial charge in [0.1, 0.15) is 0 Å². The van der Waals surface area contributed by atoms with E-state index in [1.807, 2.05) is 30.5 Å². The van der Waals surface area contributed by atoms with Crippen LogP contribution in [0, 0.1) is 0 Å². The van der Waals surface area contributed by atoms with Crippen LogP contribution in [0.15, 0.2) is 35.7 Å². The monoisotopic (exact) mass is 368 g/mol. The van der Waals surface area contributed by atoms with Crippen molar-refractivity contribution in [2.75, 3.05) is 13.1 Å². The van der Waals surface area contributed by atoms with Crippen LogP contribution in [0.2, 0.25) is 4.34 Å². The Morgan fingerprint density at radius 1 is 1.35 bits per heavy atom. The Bertz CT molecular complexity index is 680. The predicted molar refractivity (Wildman–Crippen MR) is 96.8 cm³/mol. The first kappa shape index (κ1) is 17.7. The summed E-state index contributed by atoms with van der Waals surface area (Å²) in [6, 6.07) is 7.53. The Labute approximate surface area is 148 Å². The summed E-state index contributed by atoms with van der Waals surface area (Å²) in [5, 5.41) is 4.78. The number of hydrogen-bond acceptors (Lipinski definition) is 4. The number of nitrogens with zero attached hydrogens (tertiary/aromatic N) is 1. The Balaban J connectivity index is 1.84. The molecule has 0 aliphatic carbocycles. The number of likely N-dealkylation sites (N-methyl/N-ethyl adjacent to an activating group) is 1. The maximum absolute atomic E-state index is 12.2. The number of rotatable bonds is 7. The van der Waals surface area contributed by atoms with Crippen molar-refractivity contribution in [1.82, 2.24) is 10.2 Å². The molecular weight excluding hydrogens is 352 g/mol. The van der Waals surface area contributed by atoms with E-state index in [0.717, 1.165) is 9.75 Å². The topological polar surface area (TPSA) is 49.4 Å². The summed E-state index contributed by atoms with van der Waals surface area (Å²) in [5.41, 5.74) is 0. The van der Waals surface area contributed by atoms with Gasteiger partial charge in [-0.3, -0.25) is 9.59 Å². The van der Waals surface area contributed by atoms with Gasteiger partial charge in [-0.25, -0.2) is 0 Å². The van der Waals surface area contributed by atoms with Crippen molar-refractivity contribution < 1.29 is 9.59 Å². The fraction of sp³-hybridized carbons (Fsp3) is 0.250. The van der Waals surface area contributed by atoms with E-state index >= 15 is 0 Å². The minimum Gasteiger partial charge on any atom is -0.350 e. The zero-order valence-electron chi connectivity index (χ0n) is 12.6. The van der Waals surface area contributed by atoms with Crippen molar-refractivity contribution in [3.63, 3.8) is 0 Å². The zero-order chi connectivity index (χ0) is 16.7. The van der Waals surface area contributed by atoms with E-state index in [1.54, 1.807) is 23.5 Å². The lowest BCUT2D eigenvalue weighted by molar-refractivity contribution is -0.132. The Kier molecular flexibility index (Phi) is 6.83. The molecule has 0 saturated heterocycles. The summed E-state index contributed by atoms with van der Waals surface area (Å²) in [4.78, 5) is 27.6. The lowest BCUT2D eigenvalue weighted by atomic mass is 10.3. The summed E-state index contributed by atoms with van der Waals surface area (Å²) in [7, 11) is 0. The molecule has 0 saturated carbocycles. The second-order valence-corrected chi connectivity index (χ2v) is 7.46. The maximum Gasteiger partial charge on any atom is 0.247 e. The molecule has 0 bridgehead atoms. The molecule has 0 spiro atoms. The van der Waals surface area contributed by atoms with E-state index in [0.29, 0.717) is 17.4 Å². The molecular formula is C16H17ClN2O2S2. The molecule has 0 aromatic carbocycles. The van der Waals surface area contributed by atoms with Crippen molar-refractivity contribution in [2.24, 2.45) is 0 Å². The molecule has 0 aliphatic heterocycles. The van der Waals surface area contributed by atoms with Crippen LogP contribution in [0.1, 0.15) is 16.7 Å². The van der Waals surface area contributed by atoms with E-state index in [1.165, 1.54) is 22.3 Å². The second kappa shape index (κ2) is 8.86. The number of carbonyl (C=O) groups excluding carboxylic acids is 2. The molecule has 0 fully saturated rings. The van der Waals surface area contributed by atoms with Gasteiger partial charge in [0, 0.05) is 22.4 Å². The zero-order valence-corrected chi connectivity index (χ0v) is 15.0. The molecule has 4 nitrogen and oxygen atoms in total. The van der Waals surface area contributed by atoms with E-state index in [9.17, 15) is 9.59 Å². The highest BCUT2D eigenvalue weighted by Gasteiger charge is 2.13. The van der Waals surface area contributed by atoms with E-state index < -0.39 is 0 Å². The van der Waals surface area contributed by atoms with Gasteiger partial charge in [0.25, 0.3) is 0 Å². The molecule has 7 heteroatoms. The molecule has 1 N–H and O–H groups in total. The number of amides is 2. The highest BCUT2D eigenvalue weighted by Crippen LogP contribution is 2.22. The Morgan fingerprint density at radius 3 is 2.78 bits per heavy atom. The van der Waals surface area contributed by atoms with Gasteiger partial charge in [-0.15, -0.1) is 22.7 Å². The summed E-state index contributed by atoms with van der Waals surface area (Å²) in [6.07, 6.45) is 3.18. The fourth-order valence-corrected chi connectivity index (χ4v) is 3.46. The number of thiophene rings is 2. The molecule has 0 unspecified atom stereocenters. The number of halogens is 1. The van der Waals surface area contributed by atoms with Crippen LogP contribution in [0.5, 0.6) is 0 Å². The van der Waals surface area contributed by atoms with Crippen LogP contribution in [-0.4, -0.2) is 29.8 Å². The summed E-state index contributed by atoms with van der Waals surface area (Å²) in [5.74, 6) is -0.357. The van der Waals surface area contributed by atoms with Crippen LogP contribution >= 0.6 is 34.3 Å². The molecule has 2 aromatic heterocycles. The maximum atomic E-state index is 12.2. The number of carbonyl (C=O) groups is 2. The third-order valence-corrected chi connectivity index (χ3v) is 5.12. The van der Waals surface area contributed by atoms with Gasteiger partial charge in [-0.1, -0.05) is 17.7 Å². The molecule has 2 heterocycles. The van der Waals surface area contributed by atoms with Gasteiger partial charge in [-0.2, -0.15) is 0 Å². The first-order valence-corrected chi connectivity index (χ1v) is 9.17. The van der Waals surface area contributed by atoms with Crippen LogP contribution < -0.4 is 5.32 Å². The Morgan fingerprint density at radius 2 is 2.17 bits per heavy atom. The van der Waals surface area contributed by atoms with E-state index in [-0.39, 0.29) is 18.4 Å². The standard InChI is InChI=1S/C16H17ClN2O2S2/c1-2-19(11-15(20)18-10-13-4-3-9-22-13)16(21)8-6-12-5-7-14(17)23-12/h3-9H,2,10-11H2,1H3,(H,18,20). The third kappa shape index (κ3) is 5.82. The van der Waals surface area contributed by atoms with E-state index in [4.69, 9.17) is 11.6 Å². The summed E-state index contributed by atoms with van der Waals surface area (Å²) in [6.45, 7) is 2.86. The van der Waals surface area contributed by atoms with Crippen molar-refractivity contribution in [3.8, 4) is 0 Å². The molecule has 0 radical (unpaired) electrons. The normalized spacial score (nSPS) is 10.9. The molecule has 122 valence electrons. The number of nitrogens with one attached hydrogen (secondary N) is 1. The molecule has 2 amide bonds. The molecule has 0 atom stereocenters. The Hall–Kier alpha value is -1.63. The predicted octanol–water partition coefficient (Wildman–Crippen LogP) is 3.64. The SMILES string of the molecule is CCN(CC(=O)NCc1cccs1)C(=O)C=Cc1ccc(Cl)s1. The highest BCUT2D eigenvalue weighted by atomic mass is 35.5. The quantitative estimate of drug-likeness (QED) is 0.758. The third-order valence-electron chi connectivity index (χ3n) is 3.05. The van der Waals surface area contributed by atoms with Gasteiger partial charge < -0.3 is 10.2 Å². The molecule has 23 heavy (non-hydrogen) atoms. The van der Waals surface area contributed by atoms with Crippen molar-refractivity contribution in [2.45, 2.75) is 13.5 Å². The van der Waals surface area contributed by atoms with Crippen LogP contribution in [-0.2, 0) is 16.1 Å². The smallest absolute Gasteiger partial charge is 0.247 e. The first-order chi connectivity index (χ1) is 11.1. The van der Waals surface area contributed by atoms with Crippen LogP contribution in [0.4, 0.5) is 0 Å². The van der Waals surface area contributed by atoms with Crippen molar-refractivity contribution in [1.29, 1.82) is 0 Å². The van der Waals surface area contributed by atoms with Crippen LogP contribution in [0.3, 0.4) is 0 Å². The molecule has 0 aliphatic rings. The minimum atomic E-state index is -0.191. The van der Waals surface area contributed by atoms with Crippen molar-refractivity contribution >= 4 is 52.2 Å².